The van der Waals surface area contributed by atoms with Crippen LogP contribution in [0, 0.1) is 0 Å². The molecule has 4 rings (SSSR count). The highest BCUT2D eigenvalue weighted by atomic mass is 35.5. The Bertz CT molecular complexity index is 987. The molecular weight excluding hydrogens is 342 g/mol. The molecule has 0 fully saturated rings. The van der Waals surface area contributed by atoms with Gasteiger partial charge in [0, 0.05) is 28.7 Å². The van der Waals surface area contributed by atoms with Crippen LogP contribution in [0.1, 0.15) is 5.56 Å². The van der Waals surface area contributed by atoms with Crippen molar-refractivity contribution in [2.45, 2.75) is 10.9 Å². The highest BCUT2D eigenvalue weighted by Crippen LogP contribution is 2.24. The summed E-state index contributed by atoms with van der Waals surface area (Å²) in [6.45, 7) is 0. The van der Waals surface area contributed by atoms with Gasteiger partial charge in [0.05, 0.1) is 5.69 Å². The van der Waals surface area contributed by atoms with E-state index in [0.29, 0.717) is 0 Å². The van der Waals surface area contributed by atoms with Crippen LogP contribution >= 0.6 is 23.4 Å². The summed E-state index contributed by atoms with van der Waals surface area (Å²) in [6, 6.07) is 15.5. The molecule has 0 aliphatic heterocycles. The minimum atomic E-state index is 0.719. The number of fused-ring (bicyclic) bond motifs is 1. The molecule has 24 heavy (non-hydrogen) atoms. The first-order valence-corrected chi connectivity index (χ1v) is 8.66. The minimum absolute atomic E-state index is 0.719. The summed E-state index contributed by atoms with van der Waals surface area (Å²) in [6.07, 6.45) is 3.53. The van der Waals surface area contributed by atoms with Gasteiger partial charge in [-0.15, -0.1) is 10.2 Å². The number of thioether (sulfide) groups is 1. The number of rotatable bonds is 4. The molecule has 1 aromatic carbocycles. The van der Waals surface area contributed by atoms with Crippen molar-refractivity contribution in [2.24, 2.45) is 0 Å². The van der Waals surface area contributed by atoms with Crippen LogP contribution in [-0.4, -0.2) is 24.8 Å². The summed E-state index contributed by atoms with van der Waals surface area (Å²) < 4.78 is 1.76. The van der Waals surface area contributed by atoms with Gasteiger partial charge in [-0.05, 0) is 42.0 Å². The molecule has 0 saturated heterocycles. The third kappa shape index (κ3) is 3.11. The molecule has 0 spiro atoms. The van der Waals surface area contributed by atoms with Gasteiger partial charge in [-0.25, -0.2) is 0 Å². The van der Waals surface area contributed by atoms with Crippen molar-refractivity contribution in [3.8, 4) is 11.3 Å². The smallest absolute Gasteiger partial charge is 0.212 e. The minimum Gasteiger partial charge on any atom is -0.264 e. The molecule has 0 unspecified atom stereocenters. The van der Waals surface area contributed by atoms with Crippen LogP contribution < -0.4 is 0 Å². The zero-order valence-electron chi connectivity index (χ0n) is 12.5. The van der Waals surface area contributed by atoms with Gasteiger partial charge in [0.15, 0.2) is 5.65 Å². The lowest BCUT2D eigenvalue weighted by Gasteiger charge is -2.03. The van der Waals surface area contributed by atoms with Crippen LogP contribution in [0.2, 0.25) is 5.02 Å². The Labute approximate surface area is 147 Å². The first kappa shape index (κ1) is 15.1. The highest BCUT2D eigenvalue weighted by Gasteiger charge is 2.10. The van der Waals surface area contributed by atoms with E-state index in [4.69, 9.17) is 11.6 Å². The maximum Gasteiger partial charge on any atom is 0.212 e. The largest absolute Gasteiger partial charge is 0.264 e. The molecule has 5 nitrogen and oxygen atoms in total. The summed E-state index contributed by atoms with van der Waals surface area (Å²) in [4.78, 5) is 4.14. The number of benzene rings is 1. The zero-order chi connectivity index (χ0) is 16.4. The van der Waals surface area contributed by atoms with E-state index in [-0.39, 0.29) is 0 Å². The molecule has 0 radical (unpaired) electrons. The van der Waals surface area contributed by atoms with Crippen molar-refractivity contribution < 1.29 is 0 Å². The first-order chi connectivity index (χ1) is 11.8. The van der Waals surface area contributed by atoms with Crippen LogP contribution in [0.15, 0.2) is 66.1 Å². The van der Waals surface area contributed by atoms with E-state index in [0.717, 1.165) is 38.4 Å². The van der Waals surface area contributed by atoms with Gasteiger partial charge in [0.1, 0.15) is 0 Å². The molecule has 0 aliphatic rings. The molecule has 118 valence electrons. The summed E-state index contributed by atoms with van der Waals surface area (Å²) in [5, 5.41) is 14.5. The molecule has 7 heteroatoms. The number of aromatic nitrogens is 5. The lowest BCUT2D eigenvalue weighted by Crippen LogP contribution is -1.96. The van der Waals surface area contributed by atoms with Crippen LogP contribution in [0.5, 0.6) is 0 Å². The molecule has 0 atom stereocenters. The Morgan fingerprint density at radius 2 is 2.00 bits per heavy atom. The van der Waals surface area contributed by atoms with Gasteiger partial charge in [-0.3, -0.25) is 4.98 Å². The number of pyridine rings is 1. The van der Waals surface area contributed by atoms with E-state index < -0.39 is 0 Å². The molecule has 3 heterocycles. The van der Waals surface area contributed by atoms with Crippen molar-refractivity contribution in [2.75, 3.05) is 0 Å². The Kier molecular flexibility index (Phi) is 4.15. The lowest BCUT2D eigenvalue weighted by molar-refractivity contribution is 0.812. The van der Waals surface area contributed by atoms with Crippen molar-refractivity contribution in [1.82, 2.24) is 24.8 Å². The van der Waals surface area contributed by atoms with Crippen molar-refractivity contribution in [1.29, 1.82) is 0 Å². The van der Waals surface area contributed by atoms with Crippen LogP contribution in [0.3, 0.4) is 0 Å². The first-order valence-electron chi connectivity index (χ1n) is 7.30. The Morgan fingerprint density at radius 3 is 2.83 bits per heavy atom. The highest BCUT2D eigenvalue weighted by molar-refractivity contribution is 7.98. The second-order valence-corrected chi connectivity index (χ2v) is 6.51. The monoisotopic (exact) mass is 353 g/mol. The van der Waals surface area contributed by atoms with Gasteiger partial charge in [0.25, 0.3) is 0 Å². The van der Waals surface area contributed by atoms with Gasteiger partial charge in [-0.1, -0.05) is 35.5 Å². The van der Waals surface area contributed by atoms with E-state index in [1.54, 1.807) is 28.7 Å². The fourth-order valence-corrected chi connectivity index (χ4v) is 3.35. The van der Waals surface area contributed by atoms with E-state index in [1.165, 1.54) is 0 Å². The maximum atomic E-state index is 6.03. The predicted molar refractivity (Wildman–Crippen MR) is 95.0 cm³/mol. The number of hydrogen-bond acceptors (Lipinski definition) is 5. The Morgan fingerprint density at radius 1 is 1.04 bits per heavy atom. The topological polar surface area (TPSA) is 56.0 Å². The van der Waals surface area contributed by atoms with Crippen LogP contribution in [-0.2, 0) is 5.75 Å². The molecule has 0 N–H and O–H groups in total. The fourth-order valence-electron chi connectivity index (χ4n) is 2.30. The third-order valence-corrected chi connectivity index (χ3v) is 4.67. The number of nitrogens with zero attached hydrogens (tertiary/aromatic N) is 5. The van der Waals surface area contributed by atoms with E-state index in [1.807, 2.05) is 48.5 Å². The average molecular weight is 354 g/mol. The normalized spacial score (nSPS) is 11.0. The van der Waals surface area contributed by atoms with Crippen molar-refractivity contribution >= 4 is 29.0 Å². The van der Waals surface area contributed by atoms with Gasteiger partial charge < -0.3 is 0 Å². The molecule has 0 aliphatic carbocycles. The molecule has 3 aromatic heterocycles. The SMILES string of the molecule is Clc1cccc(CSc2nnc3ccc(-c4cccnc4)nn23)c1. The van der Waals surface area contributed by atoms with E-state index in [2.05, 4.69) is 20.3 Å². The Balaban J connectivity index is 1.64. The van der Waals surface area contributed by atoms with Crippen LogP contribution in [0.25, 0.3) is 16.9 Å². The fraction of sp³-hybridized carbons (Fsp3) is 0.0588. The standard InChI is InChI=1S/C17H12ClN5S/c18-14-5-1-3-12(9-14)11-24-17-21-20-16-7-6-15(22-23(16)17)13-4-2-8-19-10-13/h1-10H,11H2. The second kappa shape index (κ2) is 6.59. The summed E-state index contributed by atoms with van der Waals surface area (Å²) >= 11 is 7.60. The summed E-state index contributed by atoms with van der Waals surface area (Å²) in [5.41, 5.74) is 3.64. The van der Waals surface area contributed by atoms with Crippen molar-refractivity contribution in [3.05, 3.63) is 71.5 Å². The molecule has 0 amide bonds. The zero-order valence-corrected chi connectivity index (χ0v) is 14.1. The number of halogens is 1. The predicted octanol–water partition coefficient (Wildman–Crippen LogP) is 4.13. The molecular formula is C17H12ClN5S. The Hall–Kier alpha value is -2.44. The summed E-state index contributed by atoms with van der Waals surface area (Å²) in [7, 11) is 0. The second-order valence-electron chi connectivity index (χ2n) is 5.13. The lowest BCUT2D eigenvalue weighted by atomic mass is 10.2. The van der Waals surface area contributed by atoms with Gasteiger partial charge >= 0.3 is 0 Å². The summed E-state index contributed by atoms with van der Waals surface area (Å²) in [5.74, 6) is 0.750. The van der Waals surface area contributed by atoms with Gasteiger partial charge in [-0.2, -0.15) is 9.61 Å². The number of hydrogen-bond donors (Lipinski definition) is 0. The van der Waals surface area contributed by atoms with Crippen LogP contribution in [0.4, 0.5) is 0 Å². The quantitative estimate of drug-likeness (QED) is 0.516. The average Bonchev–Trinajstić information content (AvgIpc) is 3.03. The molecule has 4 aromatic rings. The third-order valence-electron chi connectivity index (χ3n) is 3.45. The van der Waals surface area contributed by atoms with E-state index >= 15 is 0 Å². The molecule has 0 bridgehead atoms. The van der Waals surface area contributed by atoms with Gasteiger partial charge in [0.2, 0.25) is 5.16 Å². The maximum absolute atomic E-state index is 6.03. The molecule has 0 saturated carbocycles. The van der Waals surface area contributed by atoms with Crippen molar-refractivity contribution in [3.63, 3.8) is 0 Å². The van der Waals surface area contributed by atoms with E-state index in [9.17, 15) is 0 Å².